The van der Waals surface area contributed by atoms with Crippen molar-refractivity contribution in [1.29, 1.82) is 0 Å². The molecule has 424 valence electrons. The van der Waals surface area contributed by atoms with E-state index in [1.165, 1.54) is 19.1 Å². The molecule has 5 aliphatic rings. The van der Waals surface area contributed by atoms with Crippen LogP contribution in [0.4, 0.5) is 0 Å². The lowest BCUT2D eigenvalue weighted by molar-refractivity contribution is -0.378. The number of fused-ring (bicyclic) bond motifs is 5. The number of nitrogens with two attached hydrogens (primary N) is 3. The number of aromatic hydroxyl groups is 1. The summed E-state index contributed by atoms with van der Waals surface area (Å²) in [7, 11) is 1.84. The van der Waals surface area contributed by atoms with Crippen LogP contribution < -0.4 is 32.0 Å². The number of phenolic OH excluding ortho intramolecular Hbond substituents is 1. The highest BCUT2D eigenvalue weighted by molar-refractivity contribution is 6.32. The van der Waals surface area contributed by atoms with E-state index in [1.807, 2.05) is 25.2 Å². The molecule has 4 aromatic carbocycles. The monoisotopic (exact) mass is 1100 g/mol. The number of phenols is 1. The number of rotatable bonds is 13. The SMILES string of the molecule is CNCC1CCC2CCc3ccc(Cc4c(O)c5c6c(c4OC4OC(C)C(O)C(O)(O)C4OCCN=C(N)N)CC#CC(N)CCC(O)Cc4cccc(c4)C=Cc4c(OC(C)=O)cc(CO)c(c4C6=O)C5=O)c(C=O)c3C2(O)C1. The van der Waals surface area contributed by atoms with E-state index in [0.29, 0.717) is 49.6 Å². The molecule has 4 aliphatic carbocycles. The Labute approximate surface area is 462 Å². The molecule has 9 atom stereocenters. The maximum atomic E-state index is 16.0. The molecule has 9 unspecified atom stereocenters. The second-order valence-electron chi connectivity index (χ2n) is 21.6. The number of carbonyl (C=O) groups is 4. The van der Waals surface area contributed by atoms with Crippen molar-refractivity contribution in [2.75, 3.05) is 26.7 Å². The van der Waals surface area contributed by atoms with E-state index in [2.05, 4.69) is 22.2 Å². The Balaban J connectivity index is 1.34. The highest BCUT2D eigenvalue weighted by Gasteiger charge is 2.56. The smallest absolute Gasteiger partial charge is 0.308 e. The first kappa shape index (κ1) is 57.8. The molecular weight excluding hydrogens is 1030 g/mol. The summed E-state index contributed by atoms with van der Waals surface area (Å²) in [5.41, 5.74) is 17.1. The van der Waals surface area contributed by atoms with Crippen molar-refractivity contribution in [2.45, 2.75) is 133 Å². The van der Waals surface area contributed by atoms with Crippen molar-refractivity contribution in [2.24, 2.45) is 34.0 Å². The van der Waals surface area contributed by atoms with Gasteiger partial charge >= 0.3 is 5.97 Å². The zero-order valence-corrected chi connectivity index (χ0v) is 44.9. The largest absolute Gasteiger partial charge is 0.507 e. The van der Waals surface area contributed by atoms with Crippen LogP contribution in [0.2, 0.25) is 0 Å². The second-order valence-corrected chi connectivity index (χ2v) is 21.6. The van der Waals surface area contributed by atoms with E-state index in [1.54, 1.807) is 24.3 Å². The first-order valence-electron chi connectivity index (χ1n) is 27.0. The number of aryl methyl sites for hydroxylation is 1. The average Bonchev–Trinajstić information content (AvgIpc) is 3.61. The van der Waals surface area contributed by atoms with Crippen molar-refractivity contribution in [1.82, 2.24) is 5.32 Å². The van der Waals surface area contributed by atoms with Crippen LogP contribution in [-0.2, 0) is 52.2 Å². The number of carbonyl (C=O) groups excluding carboxylic acids is 4. The van der Waals surface area contributed by atoms with Gasteiger partial charge in [0.05, 0.1) is 49.2 Å². The van der Waals surface area contributed by atoms with Crippen molar-refractivity contribution in [3.05, 3.63) is 120 Å². The molecule has 14 N–H and O–H groups in total. The molecule has 1 saturated heterocycles. The van der Waals surface area contributed by atoms with E-state index < -0.39 is 102 Å². The minimum Gasteiger partial charge on any atom is -0.507 e. The van der Waals surface area contributed by atoms with Crippen molar-refractivity contribution in [3.8, 4) is 29.1 Å². The Kier molecular flexibility index (Phi) is 17.1. The van der Waals surface area contributed by atoms with Crippen LogP contribution in [0, 0.1) is 23.7 Å². The van der Waals surface area contributed by atoms with Gasteiger partial charge in [-0.05, 0) is 129 Å². The fourth-order valence-corrected chi connectivity index (χ4v) is 12.5. The lowest BCUT2D eigenvalue weighted by atomic mass is 9.61. The standard InChI is InChI=1S/C60H69N5O15/c1-30-55(73)60(75,76)56(77-21-20-65-58(62)63)57(78-30)80-54-42-9-5-8-39(61)17-18-40(69)23-33-7-4-6-32(22-33)11-19-41-45(79-31(2)68)25-37(28-66)46-47(41)53(72)48(42)49(52(46)71)51(70)43(54)24-36-13-12-35-14-16-38-15-10-34(27-64-3)26-59(38,74)50(35)44(36)29-67/h4,6-7,11-13,19,22,25,29-30,34,38-40,55-57,64,66,69-70,73-76H,9-10,14-18,20-21,23-24,26-28,61H2,1-3H3,(H4,62,63,65). The number of hydrogen-bond acceptors (Lipinski definition) is 18. The average molecular weight is 1100 g/mol. The molecule has 1 aliphatic heterocycles. The highest BCUT2D eigenvalue weighted by Crippen LogP contribution is 2.53. The third-order valence-corrected chi connectivity index (χ3v) is 16.2. The minimum atomic E-state index is -3.11. The summed E-state index contributed by atoms with van der Waals surface area (Å²) in [4.78, 5) is 62.2. The van der Waals surface area contributed by atoms with Crippen LogP contribution in [0.15, 0.2) is 47.5 Å². The van der Waals surface area contributed by atoms with Gasteiger partial charge in [0.2, 0.25) is 12.1 Å². The Morgan fingerprint density at radius 1 is 0.975 bits per heavy atom. The summed E-state index contributed by atoms with van der Waals surface area (Å²) in [5.74, 6) is -1.50. The van der Waals surface area contributed by atoms with Gasteiger partial charge in [0.1, 0.15) is 23.4 Å². The van der Waals surface area contributed by atoms with E-state index in [9.17, 15) is 45.3 Å². The Morgan fingerprint density at radius 3 is 2.48 bits per heavy atom. The van der Waals surface area contributed by atoms with Gasteiger partial charge in [-0.15, -0.1) is 0 Å². The molecule has 1 saturated carbocycles. The van der Waals surface area contributed by atoms with Gasteiger partial charge in [-0.1, -0.05) is 54.3 Å². The Morgan fingerprint density at radius 2 is 1.75 bits per heavy atom. The van der Waals surface area contributed by atoms with Gasteiger partial charge in [-0.25, -0.2) is 0 Å². The van der Waals surface area contributed by atoms with E-state index >= 15 is 9.59 Å². The molecule has 9 rings (SSSR count). The molecule has 0 aromatic heterocycles. The van der Waals surface area contributed by atoms with Gasteiger partial charge in [0.15, 0.2) is 29.9 Å². The van der Waals surface area contributed by atoms with Gasteiger partial charge in [-0.3, -0.25) is 24.2 Å². The number of ether oxygens (including phenoxy) is 4. The normalized spacial score (nSPS) is 25.9. The van der Waals surface area contributed by atoms with Crippen molar-refractivity contribution < 1.29 is 73.9 Å². The molecule has 0 amide bonds. The lowest BCUT2D eigenvalue weighted by Gasteiger charge is -2.48. The lowest BCUT2D eigenvalue weighted by Crippen LogP contribution is -2.67. The fraction of sp³-hybridized carbons (Fsp3) is 0.450. The van der Waals surface area contributed by atoms with E-state index in [0.717, 1.165) is 24.5 Å². The van der Waals surface area contributed by atoms with Gasteiger partial charge in [-0.2, -0.15) is 0 Å². The first-order chi connectivity index (χ1) is 38.2. The summed E-state index contributed by atoms with van der Waals surface area (Å²) in [6, 6.07) is 11.1. The zero-order chi connectivity index (χ0) is 57.4. The maximum absolute atomic E-state index is 16.0. The third kappa shape index (κ3) is 11.2. The Hall–Kier alpha value is -6.87. The molecule has 4 aromatic rings. The second kappa shape index (κ2) is 23.7. The summed E-state index contributed by atoms with van der Waals surface area (Å²) >= 11 is 0. The van der Waals surface area contributed by atoms with Crippen LogP contribution in [0.3, 0.4) is 0 Å². The first-order valence-corrected chi connectivity index (χ1v) is 27.0. The van der Waals surface area contributed by atoms with Crippen LogP contribution in [0.25, 0.3) is 12.2 Å². The molecule has 80 heavy (non-hydrogen) atoms. The number of aldehydes is 1. The number of aliphatic hydroxyl groups is 6. The van der Waals surface area contributed by atoms with Crippen LogP contribution in [-0.4, -0.2) is 135 Å². The third-order valence-electron chi connectivity index (χ3n) is 16.2. The van der Waals surface area contributed by atoms with Crippen LogP contribution >= 0.6 is 0 Å². The maximum Gasteiger partial charge on any atom is 0.308 e. The van der Waals surface area contributed by atoms with Gasteiger partial charge < -0.3 is 77.2 Å². The fourth-order valence-electron chi connectivity index (χ4n) is 12.5. The predicted octanol–water partition coefficient (Wildman–Crippen LogP) is 2.32. The van der Waals surface area contributed by atoms with Crippen molar-refractivity contribution >= 4 is 41.9 Å². The number of nitrogens with zero attached hydrogens (tertiary/aromatic N) is 1. The van der Waals surface area contributed by atoms with E-state index in [-0.39, 0.29) is 106 Å². The molecule has 20 nitrogen and oxygen atoms in total. The molecule has 0 spiro atoms. The molecule has 1 heterocycles. The number of ketones is 2. The van der Waals surface area contributed by atoms with Crippen LogP contribution in [0.5, 0.6) is 17.2 Å². The summed E-state index contributed by atoms with van der Waals surface area (Å²) < 4.78 is 24.6. The Bertz CT molecular complexity index is 3230. The summed E-state index contributed by atoms with van der Waals surface area (Å²) in [6.45, 7) is 1.69. The number of nitrogens with one attached hydrogen (secondary N) is 1. The molecule has 4 bridgehead atoms. The highest BCUT2D eigenvalue weighted by atomic mass is 16.7. The number of esters is 1. The quantitative estimate of drug-likeness (QED) is 0.0118. The molecule has 2 fully saturated rings. The number of aliphatic hydroxyl groups excluding tert-OH is 3. The molecule has 20 heteroatoms. The molecule has 0 radical (unpaired) electrons. The van der Waals surface area contributed by atoms with Crippen molar-refractivity contribution in [3.63, 3.8) is 0 Å². The minimum absolute atomic E-state index is 0.0494. The topological polar surface area (TPSA) is 349 Å². The van der Waals surface area contributed by atoms with Crippen LogP contribution in [0.1, 0.15) is 145 Å². The number of aliphatic imine (C=N–C) groups is 1. The predicted molar refractivity (Wildman–Crippen MR) is 293 cm³/mol. The van der Waals surface area contributed by atoms with Gasteiger partial charge in [0.25, 0.3) is 0 Å². The van der Waals surface area contributed by atoms with E-state index in [4.69, 9.17) is 36.1 Å². The zero-order valence-electron chi connectivity index (χ0n) is 44.9. The number of benzene rings is 4. The summed E-state index contributed by atoms with van der Waals surface area (Å²) in [6.07, 6.45) is -1.32. The molecular formula is C60H69N5O15. The number of guanidine groups is 1. The number of hydrogen-bond donors (Lipinski definition) is 11. The summed E-state index contributed by atoms with van der Waals surface area (Å²) in [5, 5.41) is 85.9. The van der Waals surface area contributed by atoms with Gasteiger partial charge in [0, 0.05) is 58.7 Å².